The third-order valence-corrected chi connectivity index (χ3v) is 6.35. The number of aryl methyl sites for hydroxylation is 2. The number of halogens is 1. The third-order valence-electron chi connectivity index (χ3n) is 3.64. The van der Waals surface area contributed by atoms with Crippen molar-refractivity contribution in [3.63, 3.8) is 0 Å². The number of rotatable bonds is 3. The Kier molecular flexibility index (Phi) is 4.36. The van der Waals surface area contributed by atoms with E-state index in [4.69, 9.17) is 11.6 Å². The fraction of sp³-hybridized carbons (Fsp3) is 0.111. The molecule has 2 nitrogen and oxygen atoms in total. The average molecular weight is 358 g/mol. The van der Waals surface area contributed by atoms with Crippen molar-refractivity contribution in [3.05, 3.63) is 61.8 Å². The van der Waals surface area contributed by atoms with Crippen LogP contribution in [0.2, 0.25) is 5.02 Å². The Bertz CT molecular complexity index is 971. The number of allylic oxidation sites excluding steroid dienone is 1. The zero-order chi connectivity index (χ0) is 16.6. The Morgan fingerprint density at radius 2 is 1.96 bits per heavy atom. The van der Waals surface area contributed by atoms with Gasteiger partial charge < -0.3 is 0 Å². The number of carbonyl (C=O) groups excluding carboxylic acids is 1. The van der Waals surface area contributed by atoms with Gasteiger partial charge in [0.15, 0.2) is 0 Å². The minimum atomic E-state index is -0.281. The van der Waals surface area contributed by atoms with Crippen molar-refractivity contribution >= 4 is 55.5 Å². The van der Waals surface area contributed by atoms with Gasteiger partial charge in [0.05, 0.1) is 4.01 Å². The minimum absolute atomic E-state index is 0.141. The number of carbonyl (C=O) groups is 1. The van der Waals surface area contributed by atoms with E-state index in [2.05, 4.69) is 12.3 Å². The van der Waals surface area contributed by atoms with Crippen LogP contribution < -0.4 is 0 Å². The number of nitrogens with zero attached hydrogens (tertiary/aromatic N) is 1. The van der Waals surface area contributed by atoms with Gasteiger partial charge in [0.1, 0.15) is 11.6 Å². The van der Waals surface area contributed by atoms with Gasteiger partial charge in [-0.25, -0.2) is 0 Å². The molecule has 0 aliphatic heterocycles. The van der Waals surface area contributed by atoms with Crippen molar-refractivity contribution in [1.29, 1.82) is 5.26 Å². The quantitative estimate of drug-likeness (QED) is 0.326. The number of Topliss-reactive ketones (excluding diaryl/α,β-unsaturated/α-hetero) is 1. The third kappa shape index (κ3) is 2.96. The maximum absolute atomic E-state index is 12.5. The van der Waals surface area contributed by atoms with E-state index in [9.17, 15) is 10.1 Å². The Morgan fingerprint density at radius 1 is 1.26 bits per heavy atom. The van der Waals surface area contributed by atoms with Crippen molar-refractivity contribution in [3.8, 4) is 6.07 Å². The van der Waals surface area contributed by atoms with Gasteiger partial charge in [-0.2, -0.15) is 5.26 Å². The maximum atomic E-state index is 12.5. The van der Waals surface area contributed by atoms with E-state index in [1.807, 2.05) is 13.0 Å². The first-order chi connectivity index (χ1) is 11.0. The second kappa shape index (κ2) is 6.29. The molecule has 5 heteroatoms. The summed E-state index contributed by atoms with van der Waals surface area (Å²) in [5.41, 5.74) is 2.97. The smallest absolute Gasteiger partial charge is 0.203 e. The van der Waals surface area contributed by atoms with Crippen molar-refractivity contribution in [2.45, 2.75) is 13.8 Å². The van der Waals surface area contributed by atoms with Crippen LogP contribution in [-0.4, -0.2) is 5.78 Å². The second-order valence-corrected chi connectivity index (χ2v) is 7.81. The zero-order valence-corrected chi connectivity index (χ0v) is 14.9. The summed E-state index contributed by atoms with van der Waals surface area (Å²) in [6, 6.07) is 8.61. The fourth-order valence-electron chi connectivity index (χ4n) is 2.42. The highest BCUT2D eigenvalue weighted by Gasteiger charge is 2.16. The maximum Gasteiger partial charge on any atom is 0.203 e. The van der Waals surface area contributed by atoms with Crippen LogP contribution in [0.3, 0.4) is 0 Å². The second-order valence-electron chi connectivity index (χ2n) is 5.18. The highest BCUT2D eigenvalue weighted by Crippen LogP contribution is 2.38. The minimum Gasteiger partial charge on any atom is -0.288 e. The SMILES string of the molecule is Cc1csc2sc(C=C(C#N)C(=O)c3ccc(Cl)cc3)c(C)c12. The summed E-state index contributed by atoms with van der Waals surface area (Å²) in [7, 11) is 0. The topological polar surface area (TPSA) is 40.9 Å². The summed E-state index contributed by atoms with van der Waals surface area (Å²) >= 11 is 9.16. The molecule has 0 atom stereocenters. The van der Waals surface area contributed by atoms with Crippen molar-refractivity contribution < 1.29 is 4.79 Å². The van der Waals surface area contributed by atoms with Crippen LogP contribution >= 0.6 is 34.3 Å². The fourth-order valence-corrected chi connectivity index (χ4v) is 5.03. The van der Waals surface area contributed by atoms with Crippen LogP contribution in [0.25, 0.3) is 15.5 Å². The highest BCUT2D eigenvalue weighted by molar-refractivity contribution is 7.38. The van der Waals surface area contributed by atoms with E-state index >= 15 is 0 Å². The van der Waals surface area contributed by atoms with Crippen LogP contribution in [0, 0.1) is 25.2 Å². The van der Waals surface area contributed by atoms with Crippen LogP contribution in [-0.2, 0) is 0 Å². The molecule has 0 unspecified atom stereocenters. The number of hydrogen-bond donors (Lipinski definition) is 0. The largest absolute Gasteiger partial charge is 0.288 e. The van der Waals surface area contributed by atoms with Crippen LogP contribution in [0.5, 0.6) is 0 Å². The molecule has 0 bridgehead atoms. The average Bonchev–Trinajstić information content (AvgIpc) is 3.06. The number of hydrogen-bond acceptors (Lipinski definition) is 4. The molecular weight excluding hydrogens is 346 g/mol. The van der Waals surface area contributed by atoms with E-state index in [1.54, 1.807) is 53.0 Å². The molecule has 0 saturated carbocycles. The molecule has 0 amide bonds. The number of benzene rings is 1. The monoisotopic (exact) mass is 357 g/mol. The molecular formula is C18H12ClNOS2. The molecule has 0 fully saturated rings. The van der Waals surface area contributed by atoms with Gasteiger partial charge in [-0.3, -0.25) is 4.79 Å². The highest BCUT2D eigenvalue weighted by atomic mass is 35.5. The zero-order valence-electron chi connectivity index (χ0n) is 12.5. The van der Waals surface area contributed by atoms with Gasteiger partial charge in [-0.05, 0) is 60.7 Å². The summed E-state index contributed by atoms with van der Waals surface area (Å²) in [5, 5.41) is 13.3. The number of fused-ring (bicyclic) bond motifs is 1. The van der Waals surface area contributed by atoms with E-state index in [0.717, 1.165) is 10.4 Å². The molecule has 0 radical (unpaired) electrons. The van der Waals surface area contributed by atoms with E-state index < -0.39 is 0 Å². The first-order valence-electron chi connectivity index (χ1n) is 6.90. The van der Waals surface area contributed by atoms with Gasteiger partial charge in [0, 0.05) is 20.8 Å². The van der Waals surface area contributed by atoms with E-state index in [-0.39, 0.29) is 11.4 Å². The van der Waals surface area contributed by atoms with E-state index in [0.29, 0.717) is 10.6 Å². The standard InChI is InChI=1S/C18H12ClNOS2/c1-10-9-22-18-16(10)11(2)15(23-18)7-13(8-20)17(21)12-3-5-14(19)6-4-12/h3-7,9H,1-2H3. The number of nitriles is 1. The molecule has 0 saturated heterocycles. The molecule has 2 heterocycles. The van der Waals surface area contributed by atoms with Gasteiger partial charge in [0.2, 0.25) is 5.78 Å². The van der Waals surface area contributed by atoms with E-state index in [1.165, 1.54) is 15.0 Å². The molecule has 0 spiro atoms. The molecule has 1 aromatic carbocycles. The van der Waals surface area contributed by atoms with Crippen molar-refractivity contribution in [2.24, 2.45) is 0 Å². The van der Waals surface area contributed by atoms with Crippen molar-refractivity contribution in [2.75, 3.05) is 0 Å². The lowest BCUT2D eigenvalue weighted by molar-refractivity contribution is 0.104. The summed E-state index contributed by atoms with van der Waals surface area (Å²) < 4.78 is 1.22. The molecule has 0 N–H and O–H groups in total. The number of ketones is 1. The first-order valence-corrected chi connectivity index (χ1v) is 8.98. The van der Waals surface area contributed by atoms with Gasteiger partial charge in [-0.1, -0.05) is 11.6 Å². The van der Waals surface area contributed by atoms with Crippen LogP contribution in [0.1, 0.15) is 26.4 Å². The summed E-state index contributed by atoms with van der Waals surface area (Å²) in [6.07, 6.45) is 1.70. The lowest BCUT2D eigenvalue weighted by Gasteiger charge is -2.00. The molecule has 114 valence electrons. The summed E-state index contributed by atoms with van der Waals surface area (Å²) in [6.45, 7) is 4.11. The predicted molar refractivity (Wildman–Crippen MR) is 98.5 cm³/mol. The molecule has 3 aromatic rings. The molecule has 23 heavy (non-hydrogen) atoms. The van der Waals surface area contributed by atoms with Crippen LogP contribution in [0.4, 0.5) is 0 Å². The van der Waals surface area contributed by atoms with Gasteiger partial charge >= 0.3 is 0 Å². The lowest BCUT2D eigenvalue weighted by Crippen LogP contribution is -2.01. The first kappa shape index (κ1) is 15.9. The Morgan fingerprint density at radius 3 is 2.57 bits per heavy atom. The molecule has 0 aliphatic rings. The summed E-state index contributed by atoms with van der Waals surface area (Å²) in [5.74, 6) is -0.281. The molecule has 3 rings (SSSR count). The molecule has 0 aliphatic carbocycles. The van der Waals surface area contributed by atoms with Crippen LogP contribution in [0.15, 0.2) is 35.2 Å². The Hall–Kier alpha value is -1.93. The normalized spacial score (nSPS) is 11.7. The lowest BCUT2D eigenvalue weighted by atomic mass is 10.0. The number of thiophene rings is 2. The Labute approximate surface area is 147 Å². The van der Waals surface area contributed by atoms with Gasteiger partial charge in [-0.15, -0.1) is 22.7 Å². The predicted octanol–water partition coefficient (Wildman–Crippen LogP) is 6.02. The van der Waals surface area contributed by atoms with Crippen molar-refractivity contribution in [1.82, 2.24) is 0 Å². The molecule has 2 aromatic heterocycles. The Balaban J connectivity index is 2.03. The summed E-state index contributed by atoms with van der Waals surface area (Å²) in [4.78, 5) is 13.5. The van der Waals surface area contributed by atoms with Gasteiger partial charge in [0.25, 0.3) is 0 Å².